The van der Waals surface area contributed by atoms with Crippen molar-refractivity contribution in [1.29, 1.82) is 5.26 Å². The van der Waals surface area contributed by atoms with Crippen LogP contribution in [0.25, 0.3) is 0 Å². The molecular weight excluding hydrogens is 330 g/mol. The van der Waals surface area contributed by atoms with E-state index in [1.807, 2.05) is 18.4 Å². The lowest BCUT2D eigenvalue weighted by molar-refractivity contribution is 0.0520. The van der Waals surface area contributed by atoms with Gasteiger partial charge in [0.1, 0.15) is 10.6 Å². The van der Waals surface area contributed by atoms with E-state index in [0.29, 0.717) is 33.7 Å². The van der Waals surface area contributed by atoms with Crippen LogP contribution in [0.1, 0.15) is 28.4 Å². The second kappa shape index (κ2) is 8.56. The largest absolute Gasteiger partial charge is 0.462 e. The highest BCUT2D eigenvalue weighted by atomic mass is 32.2. The molecule has 2 rings (SSSR count). The van der Waals surface area contributed by atoms with E-state index in [0.717, 1.165) is 5.56 Å². The summed E-state index contributed by atoms with van der Waals surface area (Å²) < 4.78 is 5.05. The van der Waals surface area contributed by atoms with Crippen LogP contribution in [-0.4, -0.2) is 28.8 Å². The van der Waals surface area contributed by atoms with Crippen molar-refractivity contribution < 1.29 is 9.53 Å². The number of rotatable bonds is 6. The van der Waals surface area contributed by atoms with Crippen LogP contribution in [-0.2, 0) is 10.5 Å². The predicted octanol–water partition coefficient (Wildman–Crippen LogP) is 3.54. The van der Waals surface area contributed by atoms with E-state index in [-0.39, 0.29) is 0 Å². The number of carbonyl (C=O) groups excluding carboxylic acids is 1. The van der Waals surface area contributed by atoms with Gasteiger partial charge in [-0.25, -0.2) is 14.8 Å². The van der Waals surface area contributed by atoms with Crippen molar-refractivity contribution in [2.24, 2.45) is 0 Å². The zero-order valence-electron chi connectivity index (χ0n) is 12.8. The van der Waals surface area contributed by atoms with Crippen LogP contribution >= 0.6 is 23.5 Å². The normalized spacial score (nSPS) is 10.1. The molecule has 23 heavy (non-hydrogen) atoms. The maximum atomic E-state index is 12.0. The van der Waals surface area contributed by atoms with Gasteiger partial charge in [0, 0.05) is 11.9 Å². The van der Waals surface area contributed by atoms with Crippen LogP contribution in [0.4, 0.5) is 0 Å². The Labute approximate surface area is 143 Å². The van der Waals surface area contributed by atoms with Gasteiger partial charge in [-0.2, -0.15) is 5.26 Å². The number of aromatic nitrogens is 2. The number of hydrogen-bond donors (Lipinski definition) is 0. The van der Waals surface area contributed by atoms with Gasteiger partial charge in [0.15, 0.2) is 5.16 Å². The van der Waals surface area contributed by atoms with Gasteiger partial charge in [-0.3, -0.25) is 0 Å². The van der Waals surface area contributed by atoms with Gasteiger partial charge in [0.25, 0.3) is 0 Å². The molecule has 0 aliphatic carbocycles. The first-order valence-electron chi connectivity index (χ1n) is 6.88. The van der Waals surface area contributed by atoms with Gasteiger partial charge in [0.05, 0.1) is 18.2 Å². The van der Waals surface area contributed by atoms with Crippen molar-refractivity contribution in [3.8, 4) is 6.07 Å². The minimum Gasteiger partial charge on any atom is -0.462 e. The van der Waals surface area contributed by atoms with E-state index in [2.05, 4.69) is 16.0 Å². The molecule has 2 aromatic rings. The highest BCUT2D eigenvalue weighted by molar-refractivity contribution is 7.99. The molecule has 5 nitrogen and oxygen atoms in total. The van der Waals surface area contributed by atoms with Gasteiger partial charge in [0.2, 0.25) is 0 Å². The van der Waals surface area contributed by atoms with Crippen molar-refractivity contribution in [1.82, 2.24) is 9.97 Å². The average Bonchev–Trinajstić information content (AvgIpc) is 2.60. The van der Waals surface area contributed by atoms with E-state index >= 15 is 0 Å². The summed E-state index contributed by atoms with van der Waals surface area (Å²) >= 11 is 2.87. The summed E-state index contributed by atoms with van der Waals surface area (Å²) in [5.74, 6) is 0.227. The standard InChI is InChI=1S/C16H15N3O2S2/c1-3-21-15(20)13-9-18-16(22-2)19-14(13)23-10-12-6-4-11(8-17)5-7-12/h4-7,9H,3,10H2,1-2H3. The highest BCUT2D eigenvalue weighted by Gasteiger charge is 2.16. The molecule has 1 heterocycles. The predicted molar refractivity (Wildman–Crippen MR) is 90.5 cm³/mol. The zero-order chi connectivity index (χ0) is 16.7. The summed E-state index contributed by atoms with van der Waals surface area (Å²) in [6.07, 6.45) is 3.40. The van der Waals surface area contributed by atoms with Gasteiger partial charge in [-0.15, -0.1) is 11.8 Å². The van der Waals surface area contributed by atoms with Crippen LogP contribution in [0.2, 0.25) is 0 Å². The molecule has 0 aliphatic heterocycles. The summed E-state index contributed by atoms with van der Waals surface area (Å²) in [7, 11) is 0. The number of ether oxygens (including phenoxy) is 1. The number of benzene rings is 1. The third-order valence-electron chi connectivity index (χ3n) is 2.87. The average molecular weight is 345 g/mol. The van der Waals surface area contributed by atoms with Gasteiger partial charge >= 0.3 is 5.97 Å². The van der Waals surface area contributed by atoms with Crippen molar-refractivity contribution in [2.75, 3.05) is 12.9 Å². The smallest absolute Gasteiger partial charge is 0.342 e. The fourth-order valence-corrected chi connectivity index (χ4v) is 3.07. The Morgan fingerprint density at radius 1 is 1.35 bits per heavy atom. The number of nitriles is 1. The molecule has 0 spiro atoms. The fourth-order valence-electron chi connectivity index (χ4n) is 1.74. The Kier molecular flexibility index (Phi) is 6.44. The molecule has 0 radical (unpaired) electrons. The van der Waals surface area contributed by atoms with E-state index in [1.54, 1.807) is 19.1 Å². The van der Waals surface area contributed by atoms with E-state index in [1.165, 1.54) is 29.7 Å². The molecule has 0 saturated heterocycles. The molecule has 0 atom stereocenters. The number of thioether (sulfide) groups is 2. The van der Waals surface area contributed by atoms with Crippen LogP contribution in [0.15, 0.2) is 40.6 Å². The summed E-state index contributed by atoms with van der Waals surface area (Å²) in [5, 5.41) is 10.0. The first-order chi connectivity index (χ1) is 11.2. The maximum absolute atomic E-state index is 12.0. The van der Waals surface area contributed by atoms with Crippen molar-refractivity contribution in [3.63, 3.8) is 0 Å². The molecule has 0 fully saturated rings. The third kappa shape index (κ3) is 4.71. The number of esters is 1. The minimum atomic E-state index is -0.414. The maximum Gasteiger partial charge on any atom is 0.342 e. The quantitative estimate of drug-likeness (QED) is 0.343. The van der Waals surface area contributed by atoms with E-state index in [9.17, 15) is 4.79 Å². The molecular formula is C16H15N3O2S2. The van der Waals surface area contributed by atoms with Crippen molar-refractivity contribution in [2.45, 2.75) is 22.9 Å². The molecule has 0 bridgehead atoms. The first kappa shape index (κ1) is 17.3. The summed E-state index contributed by atoms with van der Waals surface area (Å²) in [6.45, 7) is 2.07. The van der Waals surface area contributed by atoms with E-state index in [4.69, 9.17) is 10.00 Å². The van der Waals surface area contributed by atoms with Crippen LogP contribution < -0.4 is 0 Å². The Morgan fingerprint density at radius 3 is 2.70 bits per heavy atom. The molecule has 0 unspecified atom stereocenters. The van der Waals surface area contributed by atoms with E-state index < -0.39 is 5.97 Å². The Balaban J connectivity index is 2.19. The number of carbonyl (C=O) groups is 1. The summed E-state index contributed by atoms with van der Waals surface area (Å²) in [6, 6.07) is 9.43. The lowest BCUT2D eigenvalue weighted by Crippen LogP contribution is -2.08. The Hall–Kier alpha value is -2.04. The lowest BCUT2D eigenvalue weighted by atomic mass is 10.2. The molecule has 0 amide bonds. The molecule has 118 valence electrons. The fraction of sp³-hybridized carbons (Fsp3) is 0.250. The second-order valence-electron chi connectivity index (χ2n) is 4.39. The second-order valence-corrected chi connectivity index (χ2v) is 6.13. The van der Waals surface area contributed by atoms with Gasteiger partial charge < -0.3 is 4.74 Å². The Morgan fingerprint density at radius 2 is 2.09 bits per heavy atom. The SMILES string of the molecule is CCOC(=O)c1cnc(SC)nc1SCc1ccc(C#N)cc1. The summed E-state index contributed by atoms with van der Waals surface area (Å²) in [4.78, 5) is 20.5. The monoisotopic (exact) mass is 345 g/mol. The summed E-state index contributed by atoms with van der Waals surface area (Å²) in [5.41, 5.74) is 2.05. The lowest BCUT2D eigenvalue weighted by Gasteiger charge is -2.08. The van der Waals surface area contributed by atoms with Gasteiger partial charge in [-0.1, -0.05) is 23.9 Å². The zero-order valence-corrected chi connectivity index (χ0v) is 14.4. The third-order valence-corrected chi connectivity index (χ3v) is 4.49. The number of nitrogens with zero attached hydrogens (tertiary/aromatic N) is 3. The molecule has 0 saturated carbocycles. The Bertz CT molecular complexity index is 727. The molecule has 0 N–H and O–H groups in total. The first-order valence-corrected chi connectivity index (χ1v) is 9.09. The van der Waals surface area contributed by atoms with Crippen molar-refractivity contribution in [3.05, 3.63) is 47.2 Å². The molecule has 0 aliphatic rings. The van der Waals surface area contributed by atoms with Crippen LogP contribution in [0.3, 0.4) is 0 Å². The van der Waals surface area contributed by atoms with Crippen LogP contribution in [0.5, 0.6) is 0 Å². The highest BCUT2D eigenvalue weighted by Crippen LogP contribution is 2.26. The van der Waals surface area contributed by atoms with Crippen molar-refractivity contribution >= 4 is 29.5 Å². The molecule has 7 heteroatoms. The van der Waals surface area contributed by atoms with Crippen LogP contribution in [0, 0.1) is 11.3 Å². The minimum absolute atomic E-state index is 0.308. The number of hydrogen-bond acceptors (Lipinski definition) is 7. The van der Waals surface area contributed by atoms with Gasteiger partial charge in [-0.05, 0) is 30.9 Å². The molecule has 1 aromatic heterocycles. The molecule has 1 aromatic carbocycles. The topological polar surface area (TPSA) is 75.9 Å².